The zero-order valence-electron chi connectivity index (χ0n) is 12.9. The Labute approximate surface area is 134 Å². The molecule has 0 N–H and O–H groups in total. The Balaban J connectivity index is 1.78. The van der Waals surface area contributed by atoms with Crippen LogP contribution in [-0.2, 0) is 4.79 Å². The Morgan fingerprint density at radius 3 is 2.77 bits per heavy atom. The van der Waals surface area contributed by atoms with E-state index in [-0.39, 0.29) is 17.7 Å². The maximum Gasteiger partial charge on any atom is 0.263 e. The average molecular weight is 316 g/mol. The number of thiophene rings is 1. The molecule has 1 aliphatic rings. The molecule has 1 aliphatic heterocycles. The van der Waals surface area contributed by atoms with Crippen molar-refractivity contribution in [2.45, 2.75) is 12.8 Å². The lowest BCUT2D eigenvalue weighted by Gasteiger charge is -2.33. The molecule has 2 aromatic rings. The summed E-state index contributed by atoms with van der Waals surface area (Å²) in [7, 11) is 3.55. The molecule has 3 rings (SSSR count). The van der Waals surface area contributed by atoms with Gasteiger partial charge in [-0.1, -0.05) is 18.2 Å². The molecule has 1 aromatic carbocycles. The van der Waals surface area contributed by atoms with Crippen molar-refractivity contribution in [2.75, 3.05) is 27.2 Å². The molecule has 2 heterocycles. The van der Waals surface area contributed by atoms with Crippen LogP contribution in [0.1, 0.15) is 22.5 Å². The number of fused-ring (bicyclic) bond motifs is 1. The first-order valence-corrected chi connectivity index (χ1v) is 8.37. The zero-order valence-corrected chi connectivity index (χ0v) is 13.7. The number of likely N-dealkylation sites (tertiary alicyclic amines) is 1. The van der Waals surface area contributed by atoms with Crippen LogP contribution in [0.2, 0.25) is 0 Å². The number of nitrogens with zero attached hydrogens (tertiary/aromatic N) is 2. The van der Waals surface area contributed by atoms with Crippen LogP contribution in [0.4, 0.5) is 0 Å². The van der Waals surface area contributed by atoms with Crippen LogP contribution in [0.25, 0.3) is 10.1 Å². The summed E-state index contributed by atoms with van der Waals surface area (Å²) in [4.78, 5) is 29.1. The van der Waals surface area contributed by atoms with E-state index in [4.69, 9.17) is 0 Å². The molecule has 0 bridgehead atoms. The minimum absolute atomic E-state index is 0.0532. The molecule has 116 valence electrons. The molecule has 0 saturated carbocycles. The van der Waals surface area contributed by atoms with E-state index < -0.39 is 0 Å². The lowest BCUT2D eigenvalue weighted by Crippen LogP contribution is -2.45. The van der Waals surface area contributed by atoms with Gasteiger partial charge in [0.2, 0.25) is 5.91 Å². The Bertz CT molecular complexity index is 675. The minimum atomic E-state index is -0.0675. The molecule has 0 radical (unpaired) electrons. The molecule has 5 heteroatoms. The van der Waals surface area contributed by atoms with Gasteiger partial charge < -0.3 is 9.80 Å². The van der Waals surface area contributed by atoms with Gasteiger partial charge in [-0.25, -0.2) is 0 Å². The predicted octanol–water partition coefficient (Wildman–Crippen LogP) is 2.84. The van der Waals surface area contributed by atoms with Gasteiger partial charge in [-0.3, -0.25) is 9.59 Å². The molecule has 1 atom stereocenters. The number of hydrogen-bond donors (Lipinski definition) is 0. The summed E-state index contributed by atoms with van der Waals surface area (Å²) >= 11 is 1.53. The van der Waals surface area contributed by atoms with Crippen LogP contribution in [-0.4, -0.2) is 48.8 Å². The maximum atomic E-state index is 12.7. The van der Waals surface area contributed by atoms with E-state index in [1.165, 1.54) is 11.3 Å². The minimum Gasteiger partial charge on any atom is -0.349 e. The van der Waals surface area contributed by atoms with Gasteiger partial charge in [0.05, 0.1) is 10.8 Å². The summed E-state index contributed by atoms with van der Waals surface area (Å²) in [5.41, 5.74) is 0. The van der Waals surface area contributed by atoms with E-state index in [0.29, 0.717) is 6.54 Å². The maximum absolute atomic E-state index is 12.7. The molecule has 0 aliphatic carbocycles. The topological polar surface area (TPSA) is 40.6 Å². The first-order chi connectivity index (χ1) is 10.6. The average Bonchev–Trinajstić information content (AvgIpc) is 2.97. The summed E-state index contributed by atoms with van der Waals surface area (Å²) in [5.74, 6) is 0.105. The van der Waals surface area contributed by atoms with Gasteiger partial charge in [-0.15, -0.1) is 11.3 Å². The highest BCUT2D eigenvalue weighted by Gasteiger charge is 2.30. The number of rotatable bonds is 2. The van der Waals surface area contributed by atoms with Crippen molar-refractivity contribution < 1.29 is 9.59 Å². The molecule has 0 spiro atoms. The van der Waals surface area contributed by atoms with Gasteiger partial charge in [0.1, 0.15) is 0 Å². The van der Waals surface area contributed by atoms with Crippen LogP contribution in [0.3, 0.4) is 0 Å². The fourth-order valence-electron chi connectivity index (χ4n) is 2.97. The molecule has 1 aromatic heterocycles. The Kier molecular flexibility index (Phi) is 4.16. The van der Waals surface area contributed by atoms with Crippen molar-refractivity contribution in [3.8, 4) is 0 Å². The van der Waals surface area contributed by atoms with E-state index in [1.54, 1.807) is 19.0 Å². The van der Waals surface area contributed by atoms with E-state index in [2.05, 4.69) is 0 Å². The molecular formula is C17H20N2O2S. The molecule has 4 nitrogen and oxygen atoms in total. The van der Waals surface area contributed by atoms with Gasteiger partial charge in [0.15, 0.2) is 0 Å². The van der Waals surface area contributed by atoms with Gasteiger partial charge in [0, 0.05) is 31.9 Å². The summed E-state index contributed by atoms with van der Waals surface area (Å²) in [6.45, 7) is 1.27. The van der Waals surface area contributed by atoms with Crippen LogP contribution in [0, 0.1) is 5.92 Å². The van der Waals surface area contributed by atoms with Gasteiger partial charge in [-0.2, -0.15) is 0 Å². The number of carbonyl (C=O) groups is 2. The van der Waals surface area contributed by atoms with Crippen molar-refractivity contribution in [1.82, 2.24) is 9.80 Å². The van der Waals surface area contributed by atoms with Crippen LogP contribution in [0.5, 0.6) is 0 Å². The van der Waals surface area contributed by atoms with E-state index in [0.717, 1.165) is 34.3 Å². The third kappa shape index (κ3) is 2.86. The van der Waals surface area contributed by atoms with Crippen LogP contribution in [0.15, 0.2) is 30.3 Å². The van der Waals surface area contributed by atoms with Crippen molar-refractivity contribution >= 4 is 33.2 Å². The number of benzene rings is 1. The highest BCUT2D eigenvalue weighted by molar-refractivity contribution is 7.20. The summed E-state index contributed by atoms with van der Waals surface area (Å²) in [6, 6.07) is 9.98. The first-order valence-electron chi connectivity index (χ1n) is 7.55. The number of piperidine rings is 1. The van der Waals surface area contributed by atoms with Crippen molar-refractivity contribution in [1.29, 1.82) is 0 Å². The van der Waals surface area contributed by atoms with Crippen LogP contribution < -0.4 is 0 Å². The van der Waals surface area contributed by atoms with Gasteiger partial charge in [-0.05, 0) is 30.4 Å². The SMILES string of the molecule is CN(C)C(=O)[C@H]1CCCN(C(=O)c2cc3ccccc3s2)C1. The molecular weight excluding hydrogens is 296 g/mol. The van der Waals surface area contributed by atoms with Gasteiger partial charge >= 0.3 is 0 Å². The Morgan fingerprint density at radius 1 is 1.27 bits per heavy atom. The Morgan fingerprint density at radius 2 is 2.05 bits per heavy atom. The molecule has 1 saturated heterocycles. The lowest BCUT2D eigenvalue weighted by atomic mass is 9.96. The predicted molar refractivity (Wildman–Crippen MR) is 89.1 cm³/mol. The highest BCUT2D eigenvalue weighted by Crippen LogP contribution is 2.28. The van der Waals surface area contributed by atoms with Crippen molar-refractivity contribution in [3.05, 3.63) is 35.2 Å². The standard InChI is InChI=1S/C17H20N2O2S/c1-18(2)16(20)13-7-5-9-19(11-13)17(21)15-10-12-6-3-4-8-14(12)22-15/h3-4,6,8,10,13H,5,7,9,11H2,1-2H3/t13-/m0/s1. The normalized spacial score (nSPS) is 18.5. The van der Waals surface area contributed by atoms with E-state index >= 15 is 0 Å². The summed E-state index contributed by atoms with van der Waals surface area (Å²) in [6.07, 6.45) is 1.76. The second-order valence-electron chi connectivity index (χ2n) is 5.97. The van der Waals surface area contributed by atoms with Crippen LogP contribution >= 0.6 is 11.3 Å². The fourth-order valence-corrected chi connectivity index (χ4v) is 4.00. The monoisotopic (exact) mass is 316 g/mol. The quantitative estimate of drug-likeness (QED) is 0.855. The molecule has 1 fully saturated rings. The Hall–Kier alpha value is -1.88. The zero-order chi connectivity index (χ0) is 15.7. The molecule has 0 unspecified atom stereocenters. The largest absolute Gasteiger partial charge is 0.349 e. The highest BCUT2D eigenvalue weighted by atomic mass is 32.1. The smallest absolute Gasteiger partial charge is 0.263 e. The molecule has 22 heavy (non-hydrogen) atoms. The third-order valence-corrected chi connectivity index (χ3v) is 5.24. The second-order valence-corrected chi connectivity index (χ2v) is 7.06. The van der Waals surface area contributed by atoms with E-state index in [1.807, 2.05) is 35.2 Å². The van der Waals surface area contributed by atoms with E-state index in [9.17, 15) is 9.59 Å². The second kappa shape index (κ2) is 6.08. The number of carbonyl (C=O) groups excluding carboxylic acids is 2. The van der Waals surface area contributed by atoms with Crippen molar-refractivity contribution in [3.63, 3.8) is 0 Å². The van der Waals surface area contributed by atoms with Crippen molar-refractivity contribution in [2.24, 2.45) is 5.92 Å². The first kappa shape index (κ1) is 15.0. The third-order valence-electron chi connectivity index (χ3n) is 4.13. The molecule has 2 amide bonds. The summed E-state index contributed by atoms with van der Waals surface area (Å²) < 4.78 is 1.13. The number of amides is 2. The number of hydrogen-bond acceptors (Lipinski definition) is 3. The lowest BCUT2D eigenvalue weighted by molar-refractivity contribution is -0.134. The van der Waals surface area contributed by atoms with Gasteiger partial charge in [0.25, 0.3) is 5.91 Å². The fraction of sp³-hybridized carbons (Fsp3) is 0.412. The summed E-state index contributed by atoms with van der Waals surface area (Å²) in [5, 5.41) is 1.11.